The monoisotopic (exact) mass is 386 g/mol. The molecule has 0 atom stereocenters. The van der Waals surface area contributed by atoms with Gasteiger partial charge in [-0.3, -0.25) is 0 Å². The van der Waals surface area contributed by atoms with Gasteiger partial charge in [-0.25, -0.2) is 4.57 Å². The molecule has 1 heteroatoms. The van der Waals surface area contributed by atoms with Crippen LogP contribution in [0.4, 0.5) is 0 Å². The van der Waals surface area contributed by atoms with Gasteiger partial charge in [0.15, 0.2) is 11.9 Å². The van der Waals surface area contributed by atoms with Crippen LogP contribution in [-0.2, 0) is 7.05 Å². The highest BCUT2D eigenvalue weighted by Gasteiger charge is 2.18. The van der Waals surface area contributed by atoms with Crippen LogP contribution in [-0.4, -0.2) is 0 Å². The molecule has 3 rings (SSSR count). The Labute approximate surface area is 177 Å². The van der Waals surface area contributed by atoms with E-state index in [2.05, 4.69) is 115 Å². The zero-order valence-electron chi connectivity index (χ0n) is 19.4. The summed E-state index contributed by atoms with van der Waals surface area (Å²) in [6.07, 6.45) is 2.14. The van der Waals surface area contributed by atoms with Crippen LogP contribution in [0, 0.1) is 6.92 Å². The summed E-state index contributed by atoms with van der Waals surface area (Å²) in [5.41, 5.74) is 11.0. The van der Waals surface area contributed by atoms with Crippen LogP contribution in [0.25, 0.3) is 22.3 Å². The molecule has 0 spiro atoms. The molecule has 0 saturated carbocycles. The predicted molar refractivity (Wildman–Crippen MR) is 125 cm³/mol. The number of nitrogens with zero attached hydrogens (tertiary/aromatic N) is 1. The van der Waals surface area contributed by atoms with Gasteiger partial charge < -0.3 is 0 Å². The average Bonchev–Trinajstić information content (AvgIpc) is 2.69. The second kappa shape index (κ2) is 8.53. The van der Waals surface area contributed by atoms with Gasteiger partial charge in [0.25, 0.3) is 0 Å². The summed E-state index contributed by atoms with van der Waals surface area (Å²) in [5.74, 6) is 1.54. The highest BCUT2D eigenvalue weighted by atomic mass is 14.9. The maximum Gasteiger partial charge on any atom is 0.178 e. The Morgan fingerprint density at radius 1 is 0.621 bits per heavy atom. The smallest absolute Gasteiger partial charge is 0.178 e. The normalized spacial score (nSPS) is 11.7. The van der Waals surface area contributed by atoms with Crippen molar-refractivity contribution in [1.82, 2.24) is 0 Å². The lowest BCUT2D eigenvalue weighted by atomic mass is 9.81. The molecule has 0 saturated heterocycles. The van der Waals surface area contributed by atoms with Gasteiger partial charge in [0, 0.05) is 19.1 Å². The number of aryl methyl sites for hydroxylation is 2. The minimum Gasteiger partial charge on any atom is -0.205 e. The van der Waals surface area contributed by atoms with Gasteiger partial charge in [0.1, 0.15) is 7.05 Å². The van der Waals surface area contributed by atoms with E-state index in [0.717, 1.165) is 0 Å². The molecule has 29 heavy (non-hydrogen) atoms. The molecule has 1 nitrogen and oxygen atoms in total. The first kappa shape index (κ1) is 21.3. The number of pyridine rings is 1. The maximum absolute atomic E-state index is 2.44. The molecule has 0 aliphatic heterocycles. The quantitative estimate of drug-likeness (QED) is 0.399. The van der Waals surface area contributed by atoms with Crippen LogP contribution in [0.3, 0.4) is 0 Å². The summed E-state index contributed by atoms with van der Waals surface area (Å²) in [7, 11) is 2.09. The molecule has 1 aromatic heterocycles. The first-order chi connectivity index (χ1) is 13.7. The van der Waals surface area contributed by atoms with Crippen LogP contribution in [0.1, 0.15) is 81.7 Å². The fourth-order valence-corrected chi connectivity index (χ4v) is 3.98. The van der Waals surface area contributed by atoms with E-state index < -0.39 is 0 Å². The lowest BCUT2D eigenvalue weighted by Crippen LogP contribution is -2.30. The number of aromatic nitrogens is 1. The summed E-state index contributed by atoms with van der Waals surface area (Å²) >= 11 is 0. The molecule has 0 aliphatic rings. The SMILES string of the molecule is Cc1cc(-c2ccc(-c3c(C(C)C)cc(C(C)C)cc3C(C)C)cc2)cc[n+]1C. The second-order valence-electron chi connectivity index (χ2n) is 9.28. The molecule has 0 N–H and O–H groups in total. The van der Waals surface area contributed by atoms with Gasteiger partial charge in [-0.15, -0.1) is 0 Å². The number of benzene rings is 2. The van der Waals surface area contributed by atoms with Gasteiger partial charge >= 0.3 is 0 Å². The van der Waals surface area contributed by atoms with Crippen molar-refractivity contribution < 1.29 is 4.57 Å². The van der Waals surface area contributed by atoms with Gasteiger partial charge in [-0.2, -0.15) is 0 Å². The zero-order chi connectivity index (χ0) is 21.3. The van der Waals surface area contributed by atoms with Crippen molar-refractivity contribution in [2.75, 3.05) is 0 Å². The summed E-state index contributed by atoms with van der Waals surface area (Å²) in [4.78, 5) is 0. The van der Waals surface area contributed by atoms with Crippen LogP contribution < -0.4 is 4.57 Å². The first-order valence-electron chi connectivity index (χ1n) is 10.9. The molecule has 1 heterocycles. The van der Waals surface area contributed by atoms with Crippen LogP contribution in [0.2, 0.25) is 0 Å². The third-order valence-corrected chi connectivity index (χ3v) is 6.04. The number of hydrogen-bond donors (Lipinski definition) is 0. The molecule has 0 unspecified atom stereocenters. The molecule has 3 aromatic rings. The Morgan fingerprint density at radius 2 is 1.14 bits per heavy atom. The third kappa shape index (κ3) is 4.45. The van der Waals surface area contributed by atoms with Crippen LogP contribution in [0.15, 0.2) is 54.7 Å². The van der Waals surface area contributed by atoms with Crippen molar-refractivity contribution in [3.8, 4) is 22.3 Å². The molecule has 0 aliphatic carbocycles. The van der Waals surface area contributed by atoms with E-state index in [1.54, 1.807) is 0 Å². The number of rotatable bonds is 5. The van der Waals surface area contributed by atoms with E-state index in [9.17, 15) is 0 Å². The largest absolute Gasteiger partial charge is 0.205 e. The standard InChI is InChI=1S/C28H36N/c1-18(2)25-16-26(19(3)4)28(27(17-25)20(5)6)23-11-9-22(10-12-23)24-13-14-29(8)21(7)15-24/h9-20H,1-8H3/q+1. The van der Waals surface area contributed by atoms with Gasteiger partial charge in [0.2, 0.25) is 0 Å². The molecular weight excluding hydrogens is 350 g/mol. The minimum absolute atomic E-state index is 0.498. The molecule has 152 valence electrons. The summed E-state index contributed by atoms with van der Waals surface area (Å²) in [5, 5.41) is 0. The minimum atomic E-state index is 0.498. The fourth-order valence-electron chi connectivity index (χ4n) is 3.98. The van der Waals surface area contributed by atoms with Gasteiger partial charge in [-0.05, 0) is 56.7 Å². The van der Waals surface area contributed by atoms with Crippen molar-refractivity contribution in [3.63, 3.8) is 0 Å². The highest BCUT2D eigenvalue weighted by molar-refractivity contribution is 5.76. The van der Waals surface area contributed by atoms with E-state index >= 15 is 0 Å². The highest BCUT2D eigenvalue weighted by Crippen LogP contribution is 2.39. The Balaban J connectivity index is 2.13. The third-order valence-electron chi connectivity index (χ3n) is 6.04. The summed E-state index contributed by atoms with van der Waals surface area (Å²) < 4.78 is 2.15. The Hall–Kier alpha value is -2.41. The molecule has 0 amide bonds. The lowest BCUT2D eigenvalue weighted by Gasteiger charge is -2.23. The Morgan fingerprint density at radius 3 is 1.59 bits per heavy atom. The Kier molecular flexibility index (Phi) is 6.27. The van der Waals surface area contributed by atoms with Crippen molar-refractivity contribution in [2.24, 2.45) is 7.05 Å². The van der Waals surface area contributed by atoms with Crippen LogP contribution in [0.5, 0.6) is 0 Å². The van der Waals surface area contributed by atoms with Crippen molar-refractivity contribution in [3.05, 3.63) is 77.1 Å². The fraction of sp³-hybridized carbons (Fsp3) is 0.393. The predicted octanol–water partition coefficient (Wildman–Crippen LogP) is 7.52. The summed E-state index contributed by atoms with van der Waals surface area (Å²) in [6.45, 7) is 16.0. The molecule has 0 fully saturated rings. The molecular formula is C28H36N+. The molecule has 2 aromatic carbocycles. The Bertz CT molecular complexity index is 962. The van der Waals surface area contributed by atoms with E-state index in [4.69, 9.17) is 0 Å². The molecule has 0 bridgehead atoms. The van der Waals surface area contributed by atoms with E-state index in [1.807, 2.05) is 0 Å². The van der Waals surface area contributed by atoms with E-state index in [1.165, 1.54) is 44.6 Å². The second-order valence-corrected chi connectivity index (χ2v) is 9.28. The topological polar surface area (TPSA) is 3.88 Å². The van der Waals surface area contributed by atoms with E-state index in [0.29, 0.717) is 17.8 Å². The van der Waals surface area contributed by atoms with Gasteiger partial charge in [0.05, 0.1) is 0 Å². The van der Waals surface area contributed by atoms with Crippen LogP contribution >= 0.6 is 0 Å². The van der Waals surface area contributed by atoms with Crippen molar-refractivity contribution in [1.29, 1.82) is 0 Å². The molecule has 0 radical (unpaired) electrons. The van der Waals surface area contributed by atoms with Crippen molar-refractivity contribution >= 4 is 0 Å². The number of hydrogen-bond acceptors (Lipinski definition) is 0. The lowest BCUT2D eigenvalue weighted by molar-refractivity contribution is -0.677. The summed E-state index contributed by atoms with van der Waals surface area (Å²) in [6, 6.07) is 18.5. The average molecular weight is 387 g/mol. The van der Waals surface area contributed by atoms with Gasteiger partial charge in [-0.1, -0.05) is 77.9 Å². The van der Waals surface area contributed by atoms with Crippen molar-refractivity contribution in [2.45, 2.75) is 66.2 Å². The first-order valence-corrected chi connectivity index (χ1v) is 10.9. The van der Waals surface area contributed by atoms with E-state index in [-0.39, 0.29) is 0 Å². The zero-order valence-corrected chi connectivity index (χ0v) is 19.4. The maximum atomic E-state index is 2.44.